The van der Waals surface area contributed by atoms with E-state index in [2.05, 4.69) is 4.98 Å². The highest BCUT2D eigenvalue weighted by atomic mass is 35.5. The Morgan fingerprint density at radius 3 is 2.67 bits per heavy atom. The Bertz CT molecular complexity index is 394. The maximum atomic E-state index is 5.92. The average molecular weight is 249 g/mol. The van der Waals surface area contributed by atoms with E-state index in [0.29, 0.717) is 29.1 Å². The maximum Gasteiger partial charge on any atom is 0.235 e. The summed E-state index contributed by atoms with van der Waals surface area (Å²) in [5.74, 6) is 0.504. The van der Waals surface area contributed by atoms with E-state index in [1.807, 2.05) is 6.92 Å². The van der Waals surface area contributed by atoms with E-state index in [1.54, 1.807) is 0 Å². The van der Waals surface area contributed by atoms with E-state index in [4.69, 9.17) is 38.4 Å². The minimum atomic E-state index is -0.364. The van der Waals surface area contributed by atoms with Gasteiger partial charge < -0.3 is 15.2 Å². The minimum absolute atomic E-state index is 0.208. The molecule has 1 saturated heterocycles. The predicted octanol–water partition coefficient (Wildman–Crippen LogP) is 2.14. The quantitative estimate of drug-likeness (QED) is 0.872. The molecule has 0 bridgehead atoms. The number of hydrogen-bond donors (Lipinski definition) is 1. The van der Waals surface area contributed by atoms with Crippen molar-refractivity contribution in [2.24, 2.45) is 0 Å². The molecule has 1 aromatic rings. The second-order valence-corrected chi connectivity index (χ2v) is 4.50. The molecule has 2 heterocycles. The van der Waals surface area contributed by atoms with Gasteiger partial charge in [0.05, 0.1) is 18.2 Å². The zero-order valence-electron chi connectivity index (χ0n) is 8.09. The number of hydrogen-bond acceptors (Lipinski definition) is 4. The molecule has 1 aliphatic heterocycles. The van der Waals surface area contributed by atoms with Gasteiger partial charge in [-0.15, -0.1) is 0 Å². The van der Waals surface area contributed by atoms with E-state index in [-0.39, 0.29) is 11.4 Å². The van der Waals surface area contributed by atoms with Gasteiger partial charge in [-0.05, 0) is 13.0 Å². The van der Waals surface area contributed by atoms with Gasteiger partial charge in [-0.2, -0.15) is 4.98 Å². The van der Waals surface area contributed by atoms with Gasteiger partial charge in [0.25, 0.3) is 0 Å². The third-order valence-corrected chi connectivity index (χ3v) is 2.66. The molecule has 0 amide bonds. The Labute approximate surface area is 97.3 Å². The van der Waals surface area contributed by atoms with Gasteiger partial charge in [0.1, 0.15) is 10.8 Å². The fourth-order valence-corrected chi connectivity index (χ4v) is 1.61. The van der Waals surface area contributed by atoms with Gasteiger partial charge in [-0.1, -0.05) is 23.2 Å². The van der Waals surface area contributed by atoms with Gasteiger partial charge in [-0.3, -0.25) is 0 Å². The van der Waals surface area contributed by atoms with E-state index in [9.17, 15) is 0 Å². The molecule has 2 rings (SSSR count). The van der Waals surface area contributed by atoms with Crippen LogP contribution in [0.5, 0.6) is 5.88 Å². The molecule has 0 spiro atoms. The number of halogens is 2. The summed E-state index contributed by atoms with van der Waals surface area (Å²) in [6, 6.07) is 1.52. The summed E-state index contributed by atoms with van der Waals surface area (Å²) in [6.45, 7) is 2.96. The molecule has 0 radical (unpaired) electrons. The van der Waals surface area contributed by atoms with Crippen LogP contribution in [-0.4, -0.2) is 23.8 Å². The molecule has 0 aliphatic carbocycles. The highest BCUT2D eigenvalue weighted by molar-refractivity contribution is 6.36. The molecule has 0 unspecified atom stereocenters. The minimum Gasteiger partial charge on any atom is -0.465 e. The molecule has 0 atom stereocenters. The number of nitrogens with two attached hydrogens (primary N) is 1. The van der Waals surface area contributed by atoms with Crippen LogP contribution >= 0.6 is 23.2 Å². The third kappa shape index (κ3) is 2.12. The molecule has 1 aliphatic rings. The molecule has 4 nitrogen and oxygen atoms in total. The topological polar surface area (TPSA) is 57.4 Å². The second-order valence-electron chi connectivity index (χ2n) is 3.69. The lowest BCUT2D eigenvalue weighted by Gasteiger charge is -2.37. The zero-order chi connectivity index (χ0) is 11.1. The summed E-state index contributed by atoms with van der Waals surface area (Å²) < 4.78 is 10.6. The van der Waals surface area contributed by atoms with Crippen molar-refractivity contribution in [3.8, 4) is 5.88 Å². The van der Waals surface area contributed by atoms with Crippen LogP contribution in [0.15, 0.2) is 6.07 Å². The van der Waals surface area contributed by atoms with Crippen molar-refractivity contribution in [3.05, 3.63) is 16.1 Å². The molecule has 0 aromatic carbocycles. The first-order valence-electron chi connectivity index (χ1n) is 4.38. The van der Waals surface area contributed by atoms with E-state index in [1.165, 1.54) is 6.07 Å². The van der Waals surface area contributed by atoms with Gasteiger partial charge in [-0.25, -0.2) is 0 Å². The lowest BCUT2D eigenvalue weighted by atomic mass is 10.1. The van der Waals surface area contributed by atoms with Gasteiger partial charge >= 0.3 is 0 Å². The number of aromatic nitrogens is 1. The maximum absolute atomic E-state index is 5.92. The van der Waals surface area contributed by atoms with E-state index >= 15 is 0 Å². The first-order valence-corrected chi connectivity index (χ1v) is 5.14. The highest BCUT2D eigenvalue weighted by Crippen LogP contribution is 2.33. The molecule has 6 heteroatoms. The van der Waals surface area contributed by atoms with Crippen LogP contribution in [0.2, 0.25) is 10.0 Å². The molecule has 1 fully saturated rings. The van der Waals surface area contributed by atoms with Gasteiger partial charge in [0.15, 0.2) is 5.60 Å². The summed E-state index contributed by atoms with van der Waals surface area (Å²) in [7, 11) is 0. The Hall–Kier alpha value is -0.710. The first-order chi connectivity index (χ1) is 7.00. The second kappa shape index (κ2) is 3.70. The molecule has 15 heavy (non-hydrogen) atoms. The number of rotatable bonds is 2. The number of ether oxygens (including phenoxy) is 2. The number of nitrogen functional groups attached to an aromatic ring is 1. The van der Waals surface area contributed by atoms with Crippen LogP contribution in [-0.2, 0) is 4.74 Å². The summed E-state index contributed by atoms with van der Waals surface area (Å²) >= 11 is 11.7. The Kier molecular flexibility index (Phi) is 2.66. The predicted molar refractivity (Wildman–Crippen MR) is 58.5 cm³/mol. The molecular formula is C9H10Cl2N2O2. The molecule has 0 saturated carbocycles. The van der Waals surface area contributed by atoms with Crippen LogP contribution in [0.3, 0.4) is 0 Å². The lowest BCUT2D eigenvalue weighted by molar-refractivity contribution is -0.151. The van der Waals surface area contributed by atoms with Crippen molar-refractivity contribution in [2.75, 3.05) is 18.9 Å². The summed E-state index contributed by atoms with van der Waals surface area (Å²) in [5.41, 5.74) is 5.19. The first kappa shape index (κ1) is 10.8. The van der Waals surface area contributed by atoms with Crippen LogP contribution in [0.25, 0.3) is 0 Å². The fraction of sp³-hybridized carbons (Fsp3) is 0.444. The molecule has 2 N–H and O–H groups in total. The smallest absolute Gasteiger partial charge is 0.235 e. The van der Waals surface area contributed by atoms with Crippen LogP contribution in [0.1, 0.15) is 6.92 Å². The van der Waals surface area contributed by atoms with Crippen molar-refractivity contribution >= 4 is 29.0 Å². The van der Waals surface area contributed by atoms with Crippen molar-refractivity contribution in [1.29, 1.82) is 0 Å². The molecule has 1 aromatic heterocycles. The molecular weight excluding hydrogens is 239 g/mol. The van der Waals surface area contributed by atoms with E-state index in [0.717, 1.165) is 0 Å². The Balaban J connectivity index is 2.24. The van der Waals surface area contributed by atoms with Gasteiger partial charge in [0, 0.05) is 0 Å². The van der Waals surface area contributed by atoms with Crippen LogP contribution < -0.4 is 10.5 Å². The zero-order valence-corrected chi connectivity index (χ0v) is 9.60. The standard InChI is InChI=1S/C9H10Cl2N2O2/c1-9(3-14-4-9)15-8-6(11)2-5(10)7(12)13-8/h2H,3-4H2,1H3,(H2,12,13). The normalized spacial score (nSPS) is 18.3. The van der Waals surface area contributed by atoms with Gasteiger partial charge in [0.2, 0.25) is 5.88 Å². The Morgan fingerprint density at radius 2 is 2.13 bits per heavy atom. The van der Waals surface area contributed by atoms with Crippen molar-refractivity contribution < 1.29 is 9.47 Å². The van der Waals surface area contributed by atoms with Crippen molar-refractivity contribution in [3.63, 3.8) is 0 Å². The summed E-state index contributed by atoms with van der Waals surface area (Å²) in [6.07, 6.45) is 0. The highest BCUT2D eigenvalue weighted by Gasteiger charge is 2.36. The van der Waals surface area contributed by atoms with Crippen molar-refractivity contribution in [2.45, 2.75) is 12.5 Å². The average Bonchev–Trinajstić information content (AvgIpc) is 2.11. The van der Waals surface area contributed by atoms with Crippen LogP contribution in [0.4, 0.5) is 5.82 Å². The Morgan fingerprint density at radius 1 is 1.47 bits per heavy atom. The summed E-state index contributed by atoms with van der Waals surface area (Å²) in [4.78, 5) is 3.98. The monoisotopic (exact) mass is 248 g/mol. The SMILES string of the molecule is CC1(Oc2nc(N)c(Cl)cc2Cl)COC1. The number of anilines is 1. The lowest BCUT2D eigenvalue weighted by Crippen LogP contribution is -2.51. The third-order valence-electron chi connectivity index (χ3n) is 2.08. The summed E-state index contributed by atoms with van der Waals surface area (Å²) in [5, 5.41) is 0.671. The largest absolute Gasteiger partial charge is 0.465 e. The fourth-order valence-electron chi connectivity index (χ4n) is 1.22. The molecule has 82 valence electrons. The van der Waals surface area contributed by atoms with Crippen molar-refractivity contribution in [1.82, 2.24) is 4.98 Å². The number of nitrogens with zero attached hydrogens (tertiary/aromatic N) is 1. The number of pyridine rings is 1. The van der Waals surface area contributed by atoms with E-state index < -0.39 is 0 Å². The van der Waals surface area contributed by atoms with Crippen LogP contribution in [0, 0.1) is 0 Å².